The molecule has 2 rings (SSSR count). The van der Waals surface area contributed by atoms with Gasteiger partial charge in [0.05, 0.1) is 12.8 Å². The highest BCUT2D eigenvalue weighted by molar-refractivity contribution is 6.18. The van der Waals surface area contributed by atoms with Crippen LogP contribution >= 0.6 is 11.6 Å². The van der Waals surface area contributed by atoms with Gasteiger partial charge < -0.3 is 14.4 Å². The molecule has 0 bridgehead atoms. The predicted octanol–water partition coefficient (Wildman–Crippen LogP) is 2.30. The molecular formula is C13H16ClNO3. The zero-order chi connectivity index (χ0) is 13.1. The maximum Gasteiger partial charge on any atom is 0.265 e. The highest BCUT2D eigenvalue weighted by Crippen LogP contribution is 2.35. The van der Waals surface area contributed by atoms with Crippen LogP contribution in [0.2, 0.25) is 0 Å². The summed E-state index contributed by atoms with van der Waals surface area (Å²) in [7, 11) is 1.60. The molecule has 0 N–H and O–H groups in total. The first kappa shape index (κ1) is 13.0. The number of anilines is 1. The molecule has 0 saturated carbocycles. The molecule has 0 saturated heterocycles. The Kier molecular flexibility index (Phi) is 3.97. The maximum atomic E-state index is 11.9. The number of ether oxygens (including phenoxy) is 2. The molecule has 1 aromatic carbocycles. The molecule has 0 radical (unpaired) electrons. The summed E-state index contributed by atoms with van der Waals surface area (Å²) in [4.78, 5) is 13.6. The smallest absolute Gasteiger partial charge is 0.265 e. The van der Waals surface area contributed by atoms with Gasteiger partial charge in [0, 0.05) is 18.5 Å². The summed E-state index contributed by atoms with van der Waals surface area (Å²) < 4.78 is 10.6. The van der Waals surface area contributed by atoms with Crippen molar-refractivity contribution in [1.29, 1.82) is 0 Å². The third-order valence-electron chi connectivity index (χ3n) is 2.87. The molecule has 1 aromatic rings. The van der Waals surface area contributed by atoms with Crippen molar-refractivity contribution in [2.75, 3.05) is 31.0 Å². The van der Waals surface area contributed by atoms with Gasteiger partial charge in [0.25, 0.3) is 5.91 Å². The standard InChI is InChI=1S/C13H16ClNO3/c1-9(6-14)7-15-11-5-10(17-2)3-4-12(11)18-8-13(15)16/h3-5,9H,6-8H2,1-2H3. The molecule has 1 heterocycles. The van der Waals surface area contributed by atoms with Crippen molar-refractivity contribution < 1.29 is 14.3 Å². The first-order valence-corrected chi connectivity index (χ1v) is 6.36. The van der Waals surface area contributed by atoms with Gasteiger partial charge in [-0.2, -0.15) is 0 Å². The van der Waals surface area contributed by atoms with Crippen LogP contribution in [0.4, 0.5) is 5.69 Å². The van der Waals surface area contributed by atoms with Gasteiger partial charge in [-0.15, -0.1) is 11.6 Å². The minimum absolute atomic E-state index is 0.0484. The molecule has 0 spiro atoms. The van der Waals surface area contributed by atoms with E-state index in [0.29, 0.717) is 23.9 Å². The Hall–Kier alpha value is -1.42. The fourth-order valence-corrected chi connectivity index (χ4v) is 1.97. The predicted molar refractivity (Wildman–Crippen MR) is 70.7 cm³/mol. The molecule has 98 valence electrons. The van der Waals surface area contributed by atoms with Crippen molar-refractivity contribution >= 4 is 23.2 Å². The van der Waals surface area contributed by atoms with E-state index in [4.69, 9.17) is 21.1 Å². The van der Waals surface area contributed by atoms with Crippen molar-refractivity contribution in [2.45, 2.75) is 6.92 Å². The largest absolute Gasteiger partial charge is 0.497 e. The molecule has 1 aliphatic rings. The van der Waals surface area contributed by atoms with Crippen molar-refractivity contribution in [1.82, 2.24) is 0 Å². The number of methoxy groups -OCH3 is 1. The van der Waals surface area contributed by atoms with Crippen LogP contribution in [0.5, 0.6) is 11.5 Å². The number of carbonyl (C=O) groups is 1. The van der Waals surface area contributed by atoms with E-state index in [2.05, 4.69) is 0 Å². The number of benzene rings is 1. The summed E-state index contributed by atoms with van der Waals surface area (Å²) in [6.07, 6.45) is 0. The van der Waals surface area contributed by atoms with Gasteiger partial charge in [-0.25, -0.2) is 0 Å². The lowest BCUT2D eigenvalue weighted by Crippen LogP contribution is -2.41. The number of carbonyl (C=O) groups excluding carboxylic acids is 1. The summed E-state index contributed by atoms with van der Waals surface area (Å²) in [5.74, 6) is 2.11. The quantitative estimate of drug-likeness (QED) is 0.788. The average Bonchev–Trinajstić information content (AvgIpc) is 2.41. The molecule has 5 heteroatoms. The number of nitrogens with zero attached hydrogens (tertiary/aromatic N) is 1. The lowest BCUT2D eigenvalue weighted by atomic mass is 10.1. The molecule has 1 amide bonds. The Labute approximate surface area is 111 Å². The Morgan fingerprint density at radius 1 is 1.56 bits per heavy atom. The van der Waals surface area contributed by atoms with Gasteiger partial charge in [-0.3, -0.25) is 4.79 Å². The minimum atomic E-state index is -0.0484. The monoisotopic (exact) mass is 269 g/mol. The number of hydrogen-bond donors (Lipinski definition) is 0. The Bertz CT molecular complexity index is 450. The zero-order valence-electron chi connectivity index (χ0n) is 10.5. The normalized spacial score (nSPS) is 15.9. The van der Waals surface area contributed by atoms with E-state index >= 15 is 0 Å². The van der Waals surface area contributed by atoms with Gasteiger partial charge >= 0.3 is 0 Å². The van der Waals surface area contributed by atoms with Crippen LogP contribution in [-0.2, 0) is 4.79 Å². The van der Waals surface area contributed by atoms with E-state index in [1.54, 1.807) is 12.0 Å². The molecule has 4 nitrogen and oxygen atoms in total. The Morgan fingerprint density at radius 3 is 3.00 bits per heavy atom. The van der Waals surface area contributed by atoms with Crippen LogP contribution < -0.4 is 14.4 Å². The van der Waals surface area contributed by atoms with E-state index < -0.39 is 0 Å². The summed E-state index contributed by atoms with van der Waals surface area (Å²) in [5, 5.41) is 0. The van der Waals surface area contributed by atoms with Crippen molar-refractivity contribution in [3.63, 3.8) is 0 Å². The molecule has 1 aliphatic heterocycles. The van der Waals surface area contributed by atoms with Crippen molar-refractivity contribution in [3.05, 3.63) is 18.2 Å². The topological polar surface area (TPSA) is 38.8 Å². The average molecular weight is 270 g/mol. The number of rotatable bonds is 4. The lowest BCUT2D eigenvalue weighted by Gasteiger charge is -2.31. The maximum absolute atomic E-state index is 11.9. The highest BCUT2D eigenvalue weighted by atomic mass is 35.5. The minimum Gasteiger partial charge on any atom is -0.497 e. The molecule has 1 unspecified atom stereocenters. The molecule has 0 aromatic heterocycles. The van der Waals surface area contributed by atoms with Crippen molar-refractivity contribution in [3.8, 4) is 11.5 Å². The fraction of sp³-hybridized carbons (Fsp3) is 0.462. The first-order valence-electron chi connectivity index (χ1n) is 5.83. The summed E-state index contributed by atoms with van der Waals surface area (Å²) >= 11 is 5.81. The molecule has 1 atom stereocenters. The van der Waals surface area contributed by atoms with E-state index in [1.807, 2.05) is 25.1 Å². The van der Waals surface area contributed by atoms with Crippen LogP contribution in [0, 0.1) is 5.92 Å². The second-order valence-electron chi connectivity index (χ2n) is 4.39. The summed E-state index contributed by atoms with van der Waals surface area (Å²) in [6.45, 7) is 2.68. The van der Waals surface area contributed by atoms with Crippen LogP contribution in [0.3, 0.4) is 0 Å². The third-order valence-corrected chi connectivity index (χ3v) is 3.39. The molecule has 0 aliphatic carbocycles. The van der Waals surface area contributed by atoms with Gasteiger partial charge in [-0.05, 0) is 18.1 Å². The van der Waals surface area contributed by atoms with E-state index in [-0.39, 0.29) is 18.4 Å². The molecule has 0 fully saturated rings. The van der Waals surface area contributed by atoms with Gasteiger partial charge in [-0.1, -0.05) is 6.92 Å². The lowest BCUT2D eigenvalue weighted by molar-refractivity contribution is -0.121. The van der Waals surface area contributed by atoms with Crippen LogP contribution in [0.25, 0.3) is 0 Å². The van der Waals surface area contributed by atoms with E-state index in [0.717, 1.165) is 5.69 Å². The van der Waals surface area contributed by atoms with Crippen molar-refractivity contribution in [2.24, 2.45) is 5.92 Å². The number of alkyl halides is 1. The van der Waals surface area contributed by atoms with E-state index in [1.165, 1.54) is 0 Å². The number of fused-ring (bicyclic) bond motifs is 1. The van der Waals surface area contributed by atoms with Crippen LogP contribution in [0.1, 0.15) is 6.92 Å². The van der Waals surface area contributed by atoms with Crippen LogP contribution in [-0.4, -0.2) is 32.0 Å². The second kappa shape index (κ2) is 5.48. The van der Waals surface area contributed by atoms with Gasteiger partial charge in [0.1, 0.15) is 11.5 Å². The third kappa shape index (κ3) is 2.53. The number of hydrogen-bond acceptors (Lipinski definition) is 3. The van der Waals surface area contributed by atoms with Crippen LogP contribution in [0.15, 0.2) is 18.2 Å². The van der Waals surface area contributed by atoms with Gasteiger partial charge in [0.15, 0.2) is 6.61 Å². The van der Waals surface area contributed by atoms with E-state index in [9.17, 15) is 4.79 Å². The molecule has 18 heavy (non-hydrogen) atoms. The Balaban J connectivity index is 2.32. The second-order valence-corrected chi connectivity index (χ2v) is 4.69. The first-order chi connectivity index (χ1) is 8.65. The molecular weight excluding hydrogens is 254 g/mol. The zero-order valence-corrected chi connectivity index (χ0v) is 11.2. The Morgan fingerprint density at radius 2 is 2.33 bits per heavy atom. The van der Waals surface area contributed by atoms with Gasteiger partial charge in [0.2, 0.25) is 0 Å². The SMILES string of the molecule is COc1ccc2c(c1)N(CC(C)CCl)C(=O)CO2. The summed E-state index contributed by atoms with van der Waals surface area (Å²) in [5.41, 5.74) is 0.752. The number of amides is 1. The highest BCUT2D eigenvalue weighted by Gasteiger charge is 2.27. The summed E-state index contributed by atoms with van der Waals surface area (Å²) in [6, 6.07) is 5.45. The fourth-order valence-electron chi connectivity index (χ4n) is 1.87. The number of halogens is 1.